The summed E-state index contributed by atoms with van der Waals surface area (Å²) in [4.78, 5) is 10.3. The molecular weight excluding hydrogens is 214 g/mol. The van der Waals surface area contributed by atoms with Gasteiger partial charge >= 0.3 is 5.97 Å². The zero-order chi connectivity index (χ0) is 10.4. The molecule has 2 rings (SSSR count). The fraction of sp³-hybridized carbons (Fsp3) is 0.909. The van der Waals surface area contributed by atoms with Gasteiger partial charge in [-0.2, -0.15) is 0 Å². The lowest BCUT2D eigenvalue weighted by molar-refractivity contribution is -0.142. The van der Waals surface area contributed by atoms with Crippen molar-refractivity contribution in [1.82, 2.24) is 0 Å². The van der Waals surface area contributed by atoms with Gasteiger partial charge in [0.25, 0.3) is 0 Å². The van der Waals surface area contributed by atoms with Crippen LogP contribution in [-0.4, -0.2) is 19.1 Å². The van der Waals surface area contributed by atoms with E-state index in [1.165, 1.54) is 18.3 Å². The first kappa shape index (κ1) is 14.7. The minimum Gasteiger partial charge on any atom is -0.464 e. The first-order chi connectivity index (χ1) is 6.77. The summed E-state index contributed by atoms with van der Waals surface area (Å²) >= 11 is 0. The molecule has 2 fully saturated rings. The van der Waals surface area contributed by atoms with Crippen molar-refractivity contribution in [2.45, 2.75) is 39.0 Å². The van der Waals surface area contributed by atoms with Crippen LogP contribution in [0.25, 0.3) is 0 Å². The number of fused-ring (bicyclic) bond motifs is 1. The summed E-state index contributed by atoms with van der Waals surface area (Å²) in [5, 5.41) is 0. The van der Waals surface area contributed by atoms with E-state index in [1.807, 2.05) is 0 Å². The molecule has 0 saturated heterocycles. The second-order valence-corrected chi connectivity index (χ2v) is 4.05. The number of carbonyl (C=O) groups excluding carboxylic acids is 1. The molecule has 2 unspecified atom stereocenters. The predicted molar refractivity (Wildman–Crippen MR) is 63.0 cm³/mol. The normalized spacial score (nSPS) is 25.5. The van der Waals surface area contributed by atoms with Crippen molar-refractivity contribution in [3.8, 4) is 0 Å². The van der Waals surface area contributed by atoms with E-state index in [0.717, 1.165) is 0 Å². The van der Waals surface area contributed by atoms with Gasteiger partial charge in [-0.05, 0) is 18.3 Å². The van der Waals surface area contributed by atoms with Crippen LogP contribution in [0, 0.1) is 11.8 Å². The molecule has 2 atom stereocenters. The molecule has 0 aromatic carbocycles. The van der Waals surface area contributed by atoms with Gasteiger partial charge in [0, 0.05) is 13.0 Å². The summed E-state index contributed by atoms with van der Waals surface area (Å²) in [6.07, 6.45) is 6.67. The monoisotopic (exact) mass is 235 g/mol. The highest BCUT2D eigenvalue weighted by Crippen LogP contribution is 2.51. The number of carbonyl (C=O) groups is 1. The summed E-state index contributed by atoms with van der Waals surface area (Å²) in [5.41, 5.74) is 5.05. The Balaban J connectivity index is 0.000000249. The van der Waals surface area contributed by atoms with Crippen LogP contribution < -0.4 is 5.73 Å². The van der Waals surface area contributed by atoms with Crippen molar-refractivity contribution < 1.29 is 9.53 Å². The molecule has 2 N–H and O–H groups in total. The number of esters is 1. The van der Waals surface area contributed by atoms with Crippen LogP contribution >= 0.6 is 12.4 Å². The zero-order valence-corrected chi connectivity index (χ0v) is 10.2. The van der Waals surface area contributed by atoms with Crippen molar-refractivity contribution in [2.24, 2.45) is 17.6 Å². The van der Waals surface area contributed by atoms with Crippen molar-refractivity contribution in [3.63, 3.8) is 0 Å². The third-order valence-electron chi connectivity index (χ3n) is 2.89. The van der Waals surface area contributed by atoms with E-state index in [2.05, 4.69) is 4.74 Å². The van der Waals surface area contributed by atoms with Crippen molar-refractivity contribution in [2.75, 3.05) is 13.2 Å². The van der Waals surface area contributed by atoms with Crippen molar-refractivity contribution in [1.29, 1.82) is 0 Å². The molecule has 0 spiro atoms. The maximum absolute atomic E-state index is 10.3. The maximum Gasteiger partial charge on any atom is 0.305 e. The molecular formula is C11H22ClNO2. The largest absolute Gasteiger partial charge is 0.464 e. The molecule has 90 valence electrons. The lowest BCUT2D eigenvalue weighted by atomic mass is 10.3. The molecule has 15 heavy (non-hydrogen) atoms. The van der Waals surface area contributed by atoms with E-state index in [0.29, 0.717) is 19.6 Å². The summed E-state index contributed by atoms with van der Waals surface area (Å²) in [6.45, 7) is 2.50. The van der Waals surface area contributed by atoms with E-state index in [-0.39, 0.29) is 18.4 Å². The minimum absolute atomic E-state index is 0. The third-order valence-corrected chi connectivity index (χ3v) is 2.89. The van der Waals surface area contributed by atoms with Gasteiger partial charge in [-0.15, -0.1) is 12.4 Å². The van der Waals surface area contributed by atoms with Gasteiger partial charge in [0.15, 0.2) is 0 Å². The maximum atomic E-state index is 10.3. The SMILES string of the molecule is C1CC2CC2C1.CCC(=O)OCCN.Cl. The van der Waals surface area contributed by atoms with Gasteiger partial charge < -0.3 is 10.5 Å². The van der Waals surface area contributed by atoms with Crippen molar-refractivity contribution in [3.05, 3.63) is 0 Å². The number of rotatable bonds is 3. The molecule has 0 radical (unpaired) electrons. The average molecular weight is 236 g/mol. The Bertz CT molecular complexity index is 179. The summed E-state index contributed by atoms with van der Waals surface area (Å²) in [7, 11) is 0. The molecule has 0 bridgehead atoms. The number of hydrogen-bond donors (Lipinski definition) is 1. The van der Waals surface area contributed by atoms with Crippen LogP contribution in [0.15, 0.2) is 0 Å². The Hall–Kier alpha value is -0.280. The van der Waals surface area contributed by atoms with Crippen LogP contribution in [0.3, 0.4) is 0 Å². The molecule has 0 aromatic rings. The zero-order valence-electron chi connectivity index (χ0n) is 9.41. The first-order valence-electron chi connectivity index (χ1n) is 5.63. The molecule has 2 saturated carbocycles. The van der Waals surface area contributed by atoms with E-state index in [1.54, 1.807) is 26.2 Å². The molecule has 2 aliphatic carbocycles. The summed E-state index contributed by atoms with van der Waals surface area (Å²) in [5.74, 6) is 2.24. The number of hydrogen-bond acceptors (Lipinski definition) is 3. The van der Waals surface area contributed by atoms with E-state index < -0.39 is 0 Å². The lowest BCUT2D eigenvalue weighted by Gasteiger charge is -1.97. The first-order valence-corrected chi connectivity index (χ1v) is 5.63. The van der Waals surface area contributed by atoms with Gasteiger partial charge in [0.05, 0.1) is 0 Å². The van der Waals surface area contributed by atoms with Gasteiger partial charge in [0.2, 0.25) is 0 Å². The van der Waals surface area contributed by atoms with E-state index >= 15 is 0 Å². The Kier molecular flexibility index (Phi) is 7.79. The van der Waals surface area contributed by atoms with Gasteiger partial charge in [0.1, 0.15) is 6.61 Å². The standard InChI is InChI=1S/C6H10.C5H11NO2.ClH/c1-2-5-4-6(5)3-1;1-2-5(7)8-4-3-6;/h5-6H,1-4H2;2-4,6H2,1H3;1H. The molecule has 3 nitrogen and oxygen atoms in total. The minimum atomic E-state index is -0.185. The van der Waals surface area contributed by atoms with Gasteiger partial charge in [-0.3, -0.25) is 4.79 Å². The van der Waals surface area contributed by atoms with Crippen LogP contribution in [0.5, 0.6) is 0 Å². The molecule has 0 aliphatic heterocycles. The number of halogens is 1. The Morgan fingerprint density at radius 1 is 1.40 bits per heavy atom. The quantitative estimate of drug-likeness (QED) is 0.763. The highest BCUT2D eigenvalue weighted by atomic mass is 35.5. The molecule has 0 heterocycles. The highest BCUT2D eigenvalue weighted by Gasteiger charge is 2.40. The third kappa shape index (κ3) is 6.00. The van der Waals surface area contributed by atoms with E-state index in [9.17, 15) is 4.79 Å². The summed E-state index contributed by atoms with van der Waals surface area (Å²) < 4.78 is 4.58. The second-order valence-electron chi connectivity index (χ2n) is 4.05. The Morgan fingerprint density at radius 3 is 2.27 bits per heavy atom. The molecule has 0 aromatic heterocycles. The molecule has 4 heteroatoms. The van der Waals surface area contributed by atoms with Gasteiger partial charge in [-0.1, -0.05) is 26.2 Å². The van der Waals surface area contributed by atoms with Gasteiger partial charge in [-0.25, -0.2) is 0 Å². The smallest absolute Gasteiger partial charge is 0.305 e. The fourth-order valence-electron chi connectivity index (χ4n) is 1.93. The van der Waals surface area contributed by atoms with Crippen molar-refractivity contribution >= 4 is 18.4 Å². The number of nitrogens with two attached hydrogens (primary N) is 1. The highest BCUT2D eigenvalue weighted by molar-refractivity contribution is 5.85. The molecule has 2 aliphatic rings. The second kappa shape index (κ2) is 7.94. The lowest BCUT2D eigenvalue weighted by Crippen LogP contribution is -2.12. The van der Waals surface area contributed by atoms with Crippen LogP contribution in [0.2, 0.25) is 0 Å². The molecule has 0 amide bonds. The van der Waals surface area contributed by atoms with Crippen LogP contribution in [0.4, 0.5) is 0 Å². The summed E-state index contributed by atoms with van der Waals surface area (Å²) in [6, 6.07) is 0. The Labute approximate surface area is 98.2 Å². The van der Waals surface area contributed by atoms with Crippen LogP contribution in [-0.2, 0) is 9.53 Å². The van der Waals surface area contributed by atoms with E-state index in [4.69, 9.17) is 5.73 Å². The Morgan fingerprint density at radius 2 is 2.00 bits per heavy atom. The topological polar surface area (TPSA) is 52.3 Å². The average Bonchev–Trinajstić information content (AvgIpc) is 2.83. The predicted octanol–water partition coefficient (Wildman–Crippen LogP) is 2.13. The fourth-order valence-corrected chi connectivity index (χ4v) is 1.93. The number of ether oxygens (including phenoxy) is 1. The van der Waals surface area contributed by atoms with Crippen LogP contribution in [0.1, 0.15) is 39.0 Å².